The predicted molar refractivity (Wildman–Crippen MR) is 136 cm³/mol. The molecule has 0 radical (unpaired) electrons. The number of benzene rings is 1. The van der Waals surface area contributed by atoms with Crippen LogP contribution in [0.5, 0.6) is 0 Å². The van der Waals surface area contributed by atoms with Crippen LogP contribution in [0.15, 0.2) is 36.7 Å². The van der Waals surface area contributed by atoms with Crippen molar-refractivity contribution in [2.24, 2.45) is 5.92 Å². The summed E-state index contributed by atoms with van der Waals surface area (Å²) in [6.45, 7) is 7.08. The van der Waals surface area contributed by atoms with Crippen LogP contribution in [0.25, 0.3) is 11.2 Å². The zero-order valence-corrected chi connectivity index (χ0v) is 20.5. The van der Waals surface area contributed by atoms with Gasteiger partial charge in [-0.2, -0.15) is 0 Å². The van der Waals surface area contributed by atoms with Crippen molar-refractivity contribution in [1.82, 2.24) is 29.3 Å². The summed E-state index contributed by atoms with van der Waals surface area (Å²) < 4.78 is 2.29. The first-order valence-electron chi connectivity index (χ1n) is 13.3. The van der Waals surface area contributed by atoms with Gasteiger partial charge in [-0.1, -0.05) is 36.8 Å². The van der Waals surface area contributed by atoms with Crippen molar-refractivity contribution in [1.29, 1.82) is 0 Å². The normalized spacial score (nSPS) is 21.7. The summed E-state index contributed by atoms with van der Waals surface area (Å²) >= 11 is 0. The van der Waals surface area contributed by atoms with Gasteiger partial charge in [0.05, 0.1) is 5.92 Å². The van der Waals surface area contributed by atoms with E-state index in [1.165, 1.54) is 24.8 Å². The minimum atomic E-state index is 0.0230. The molecular formula is C27H35N7O. The summed E-state index contributed by atoms with van der Waals surface area (Å²) in [5, 5.41) is 0. The molecule has 0 bridgehead atoms. The third kappa shape index (κ3) is 4.63. The number of aryl methyl sites for hydroxylation is 2. The van der Waals surface area contributed by atoms with Gasteiger partial charge in [-0.25, -0.2) is 15.0 Å². The number of imidazole rings is 1. The maximum absolute atomic E-state index is 13.5. The molecule has 1 atom stereocenters. The van der Waals surface area contributed by atoms with Gasteiger partial charge >= 0.3 is 0 Å². The number of fused-ring (bicyclic) bond motifs is 3. The highest BCUT2D eigenvalue weighted by Crippen LogP contribution is 2.30. The van der Waals surface area contributed by atoms with Crippen molar-refractivity contribution >= 4 is 22.9 Å². The smallest absolute Gasteiger partial charge is 0.227 e. The molecule has 2 saturated heterocycles. The van der Waals surface area contributed by atoms with Crippen LogP contribution in [0.1, 0.15) is 43.5 Å². The number of rotatable bonds is 4. The van der Waals surface area contributed by atoms with Crippen molar-refractivity contribution in [3.05, 3.63) is 48.0 Å². The van der Waals surface area contributed by atoms with E-state index in [9.17, 15) is 4.79 Å². The first kappa shape index (κ1) is 22.5. The molecule has 35 heavy (non-hydrogen) atoms. The summed E-state index contributed by atoms with van der Waals surface area (Å²) in [5.74, 6) is 2.37. The van der Waals surface area contributed by atoms with Crippen LogP contribution in [0.3, 0.4) is 0 Å². The van der Waals surface area contributed by atoms with E-state index in [4.69, 9.17) is 4.98 Å². The number of amides is 1. The second-order valence-corrected chi connectivity index (χ2v) is 10.2. The van der Waals surface area contributed by atoms with Crippen LogP contribution in [-0.4, -0.2) is 74.5 Å². The zero-order chi connectivity index (χ0) is 23.6. The number of aromatic nitrogens is 4. The van der Waals surface area contributed by atoms with Gasteiger partial charge < -0.3 is 14.4 Å². The molecule has 6 rings (SSSR count). The van der Waals surface area contributed by atoms with E-state index in [1.54, 1.807) is 6.33 Å². The minimum Gasteiger partial charge on any atom is -0.354 e. The number of carbonyl (C=O) groups excluding carboxylic acids is 1. The molecule has 0 saturated carbocycles. The summed E-state index contributed by atoms with van der Waals surface area (Å²) in [5.41, 5.74) is 3.20. The van der Waals surface area contributed by atoms with Crippen LogP contribution in [-0.2, 0) is 24.3 Å². The average Bonchev–Trinajstić information content (AvgIpc) is 3.10. The molecule has 3 aromatic rings. The topological polar surface area (TPSA) is 70.4 Å². The number of piperazine rings is 1. The molecule has 1 aromatic carbocycles. The predicted octanol–water partition coefficient (Wildman–Crippen LogP) is 3.11. The third-order valence-electron chi connectivity index (χ3n) is 7.88. The molecule has 2 aromatic heterocycles. The van der Waals surface area contributed by atoms with Crippen LogP contribution in [0, 0.1) is 5.92 Å². The summed E-state index contributed by atoms with van der Waals surface area (Å²) in [6, 6.07) is 10.6. The van der Waals surface area contributed by atoms with Gasteiger partial charge in [0.2, 0.25) is 5.91 Å². The molecule has 1 amide bonds. The van der Waals surface area contributed by atoms with Crippen LogP contribution >= 0.6 is 0 Å². The number of piperidine rings is 1. The molecule has 0 N–H and O–H groups in total. The van der Waals surface area contributed by atoms with E-state index < -0.39 is 0 Å². The number of hydrogen-bond donors (Lipinski definition) is 0. The number of carbonyl (C=O) groups is 1. The maximum atomic E-state index is 13.5. The lowest BCUT2D eigenvalue weighted by molar-refractivity contribution is -0.137. The van der Waals surface area contributed by atoms with E-state index >= 15 is 0 Å². The van der Waals surface area contributed by atoms with Crippen LogP contribution < -0.4 is 4.90 Å². The van der Waals surface area contributed by atoms with E-state index in [1.807, 2.05) is 0 Å². The van der Waals surface area contributed by atoms with Crippen molar-refractivity contribution < 1.29 is 4.79 Å². The van der Waals surface area contributed by atoms with E-state index in [0.29, 0.717) is 5.91 Å². The van der Waals surface area contributed by atoms with Gasteiger partial charge in [-0.15, -0.1) is 0 Å². The van der Waals surface area contributed by atoms with Crippen molar-refractivity contribution in [2.45, 2.75) is 51.6 Å². The Morgan fingerprint density at radius 1 is 0.914 bits per heavy atom. The third-order valence-corrected chi connectivity index (χ3v) is 7.88. The highest BCUT2D eigenvalue weighted by molar-refractivity contribution is 5.85. The Balaban J connectivity index is 1.12. The molecule has 184 valence electrons. The summed E-state index contributed by atoms with van der Waals surface area (Å²) in [4.78, 5) is 34.6. The lowest BCUT2D eigenvalue weighted by Crippen LogP contribution is -2.52. The fourth-order valence-corrected chi connectivity index (χ4v) is 5.95. The molecule has 5 heterocycles. The quantitative estimate of drug-likeness (QED) is 0.580. The fourth-order valence-electron chi connectivity index (χ4n) is 5.95. The molecule has 0 aliphatic carbocycles. The van der Waals surface area contributed by atoms with Gasteiger partial charge in [0.1, 0.15) is 12.2 Å². The largest absolute Gasteiger partial charge is 0.354 e. The molecule has 0 unspecified atom stereocenters. The highest BCUT2D eigenvalue weighted by Gasteiger charge is 2.32. The number of anilines is 1. The number of hydrogen-bond acceptors (Lipinski definition) is 6. The van der Waals surface area contributed by atoms with Gasteiger partial charge in [0, 0.05) is 58.8 Å². The lowest BCUT2D eigenvalue weighted by atomic mass is 9.96. The fraction of sp³-hybridized carbons (Fsp3) is 0.556. The molecule has 2 fully saturated rings. The molecular weight excluding hydrogens is 438 g/mol. The molecule has 8 nitrogen and oxygen atoms in total. The van der Waals surface area contributed by atoms with Crippen molar-refractivity contribution in [3.63, 3.8) is 0 Å². The van der Waals surface area contributed by atoms with Crippen LogP contribution in [0.2, 0.25) is 0 Å². The van der Waals surface area contributed by atoms with Crippen molar-refractivity contribution in [2.75, 3.05) is 44.2 Å². The van der Waals surface area contributed by atoms with Crippen LogP contribution in [0.4, 0.5) is 5.82 Å². The Kier molecular flexibility index (Phi) is 6.37. The van der Waals surface area contributed by atoms with E-state index in [0.717, 1.165) is 94.4 Å². The molecule has 0 spiro atoms. The van der Waals surface area contributed by atoms with Gasteiger partial charge in [0.25, 0.3) is 0 Å². The first-order valence-corrected chi connectivity index (χ1v) is 13.3. The first-order chi connectivity index (χ1) is 17.3. The average molecular weight is 474 g/mol. The zero-order valence-electron chi connectivity index (χ0n) is 20.5. The van der Waals surface area contributed by atoms with E-state index in [-0.39, 0.29) is 5.92 Å². The Labute approximate surface area is 207 Å². The maximum Gasteiger partial charge on any atom is 0.227 e. The molecule has 3 aliphatic rings. The number of nitrogens with zero attached hydrogens (tertiary/aromatic N) is 7. The molecule has 8 heteroatoms. The van der Waals surface area contributed by atoms with E-state index in [2.05, 4.69) is 59.6 Å². The van der Waals surface area contributed by atoms with Crippen molar-refractivity contribution in [3.8, 4) is 0 Å². The standard InChI is InChI=1S/C27H35N7O/c35-27(32-16-14-31(15-17-32)18-21-8-3-1-4-9-21)22-10-7-12-33(19-22)25-24-26(29-20-28-25)34-13-6-2-5-11-23(34)30-24/h1,3-4,8-9,20,22H,2,5-7,10-19H2/t22-/m1/s1. The van der Waals surface area contributed by atoms with Gasteiger partial charge in [0.15, 0.2) is 17.0 Å². The lowest BCUT2D eigenvalue weighted by Gasteiger charge is -2.39. The Hall–Kier alpha value is -3.00. The molecule has 3 aliphatic heterocycles. The highest BCUT2D eigenvalue weighted by atomic mass is 16.2. The summed E-state index contributed by atoms with van der Waals surface area (Å²) in [6.07, 6.45) is 8.25. The van der Waals surface area contributed by atoms with Gasteiger partial charge in [-0.05, 0) is 31.2 Å². The SMILES string of the molecule is O=C([C@@H]1CCCN(c2ncnc3c2nc2n3CCCCC2)C1)N1CCN(Cc2ccccc2)CC1. The Morgan fingerprint density at radius 2 is 1.77 bits per heavy atom. The Morgan fingerprint density at radius 3 is 2.63 bits per heavy atom. The minimum absolute atomic E-state index is 0.0230. The monoisotopic (exact) mass is 473 g/mol. The second-order valence-electron chi connectivity index (χ2n) is 10.2. The Bertz CT molecular complexity index is 1170. The summed E-state index contributed by atoms with van der Waals surface area (Å²) in [7, 11) is 0. The van der Waals surface area contributed by atoms with Gasteiger partial charge in [-0.3, -0.25) is 9.69 Å². The second kappa shape index (κ2) is 9.93.